The Morgan fingerprint density at radius 1 is 1.24 bits per heavy atom. The van der Waals surface area contributed by atoms with E-state index in [-0.39, 0.29) is 17.9 Å². The quantitative estimate of drug-likeness (QED) is 0.797. The average Bonchev–Trinajstić information content (AvgIpc) is 2.29. The third-order valence-electron chi connectivity index (χ3n) is 3.07. The molecule has 0 amide bonds. The number of carboxylic acids is 1. The fourth-order valence-electron chi connectivity index (χ4n) is 1.77. The molecule has 0 bridgehead atoms. The van der Waals surface area contributed by atoms with E-state index in [2.05, 4.69) is 12.2 Å². The van der Waals surface area contributed by atoms with Crippen molar-refractivity contribution in [2.75, 3.05) is 6.54 Å². The van der Waals surface area contributed by atoms with Gasteiger partial charge in [-0.3, -0.25) is 4.79 Å². The third kappa shape index (κ3) is 4.19. The second-order valence-electron chi connectivity index (χ2n) is 4.73. The molecule has 0 spiro atoms. The Labute approximate surface area is 103 Å². The van der Waals surface area contributed by atoms with E-state index < -0.39 is 5.97 Å². The molecule has 0 saturated heterocycles. The molecule has 0 radical (unpaired) electrons. The summed E-state index contributed by atoms with van der Waals surface area (Å²) >= 11 is 0. The van der Waals surface area contributed by atoms with Gasteiger partial charge in [0.15, 0.2) is 0 Å². The molecule has 2 atom stereocenters. The summed E-state index contributed by atoms with van der Waals surface area (Å²) in [4.78, 5) is 11.0. The predicted octanol–water partition coefficient (Wildman–Crippen LogP) is 2.69. The van der Waals surface area contributed by atoms with Crippen molar-refractivity contribution in [2.24, 2.45) is 11.8 Å². The molecule has 1 rings (SSSR count). The first-order valence-corrected chi connectivity index (χ1v) is 6.03. The average molecular weight is 235 g/mol. The van der Waals surface area contributed by atoms with Crippen molar-refractivity contribution >= 4 is 5.97 Å². The number of hydrogen-bond donors (Lipinski definition) is 2. The Morgan fingerprint density at radius 3 is 2.29 bits per heavy atom. The summed E-state index contributed by atoms with van der Waals surface area (Å²) in [5, 5.41) is 12.4. The molecule has 94 valence electrons. The van der Waals surface area contributed by atoms with Crippen molar-refractivity contribution in [3.05, 3.63) is 35.9 Å². The molecule has 0 aliphatic rings. The lowest BCUT2D eigenvalue weighted by Crippen LogP contribution is -2.33. The van der Waals surface area contributed by atoms with Gasteiger partial charge in [-0.15, -0.1) is 0 Å². The van der Waals surface area contributed by atoms with Crippen LogP contribution in [-0.2, 0) is 4.79 Å². The van der Waals surface area contributed by atoms with E-state index in [0.29, 0.717) is 6.54 Å². The highest BCUT2D eigenvalue weighted by molar-refractivity contribution is 5.70. The van der Waals surface area contributed by atoms with Crippen LogP contribution in [0.3, 0.4) is 0 Å². The van der Waals surface area contributed by atoms with E-state index >= 15 is 0 Å². The highest BCUT2D eigenvalue weighted by atomic mass is 16.4. The Balaban J connectivity index is 2.52. The number of aliphatic carboxylic acids is 1. The SMILES string of the molecule is CC(NCC(C(=O)O)C(C)C)c1ccccc1. The smallest absolute Gasteiger partial charge is 0.308 e. The number of rotatable bonds is 6. The van der Waals surface area contributed by atoms with Crippen molar-refractivity contribution < 1.29 is 9.90 Å². The second kappa shape index (κ2) is 6.40. The van der Waals surface area contributed by atoms with Crippen LogP contribution < -0.4 is 5.32 Å². The molecule has 3 heteroatoms. The van der Waals surface area contributed by atoms with Crippen LogP contribution in [0, 0.1) is 11.8 Å². The van der Waals surface area contributed by atoms with Crippen LogP contribution in [0.2, 0.25) is 0 Å². The van der Waals surface area contributed by atoms with Crippen LogP contribution in [0.15, 0.2) is 30.3 Å². The molecule has 0 aliphatic carbocycles. The Bertz CT molecular complexity index is 348. The highest BCUT2D eigenvalue weighted by Crippen LogP contribution is 2.14. The maximum absolute atomic E-state index is 11.0. The lowest BCUT2D eigenvalue weighted by Gasteiger charge is -2.20. The molecule has 2 unspecified atom stereocenters. The fourth-order valence-corrected chi connectivity index (χ4v) is 1.77. The maximum atomic E-state index is 11.0. The molecule has 2 N–H and O–H groups in total. The number of carboxylic acid groups (broad SMARTS) is 1. The van der Waals surface area contributed by atoms with Crippen LogP contribution in [0.1, 0.15) is 32.4 Å². The fraction of sp³-hybridized carbons (Fsp3) is 0.500. The van der Waals surface area contributed by atoms with Crippen molar-refractivity contribution in [2.45, 2.75) is 26.8 Å². The van der Waals surface area contributed by atoms with Gasteiger partial charge in [0.05, 0.1) is 5.92 Å². The summed E-state index contributed by atoms with van der Waals surface area (Å²) in [6.45, 7) is 6.43. The normalized spacial score (nSPS) is 14.6. The zero-order chi connectivity index (χ0) is 12.8. The minimum absolute atomic E-state index is 0.142. The molecule has 3 nitrogen and oxygen atoms in total. The van der Waals surface area contributed by atoms with Gasteiger partial charge in [-0.25, -0.2) is 0 Å². The van der Waals surface area contributed by atoms with E-state index in [1.165, 1.54) is 5.56 Å². The first kappa shape index (κ1) is 13.7. The zero-order valence-corrected chi connectivity index (χ0v) is 10.7. The largest absolute Gasteiger partial charge is 0.481 e. The van der Waals surface area contributed by atoms with Crippen LogP contribution in [0.4, 0.5) is 0 Å². The van der Waals surface area contributed by atoms with Gasteiger partial charge in [0.2, 0.25) is 0 Å². The summed E-state index contributed by atoms with van der Waals surface area (Å²) in [7, 11) is 0. The Kier molecular flexibility index (Phi) is 5.16. The van der Waals surface area contributed by atoms with E-state index in [0.717, 1.165) is 0 Å². The molecule has 1 aromatic carbocycles. The lowest BCUT2D eigenvalue weighted by atomic mass is 9.95. The zero-order valence-electron chi connectivity index (χ0n) is 10.7. The van der Waals surface area contributed by atoms with Crippen LogP contribution in [0.5, 0.6) is 0 Å². The molecule has 0 heterocycles. The van der Waals surface area contributed by atoms with E-state index in [9.17, 15) is 4.79 Å². The molecular weight excluding hydrogens is 214 g/mol. The van der Waals surface area contributed by atoms with Crippen LogP contribution in [0.25, 0.3) is 0 Å². The van der Waals surface area contributed by atoms with Gasteiger partial charge in [0.25, 0.3) is 0 Å². The van der Waals surface area contributed by atoms with Gasteiger partial charge < -0.3 is 10.4 Å². The van der Waals surface area contributed by atoms with E-state index in [1.807, 2.05) is 44.2 Å². The van der Waals surface area contributed by atoms with Crippen LogP contribution in [-0.4, -0.2) is 17.6 Å². The monoisotopic (exact) mass is 235 g/mol. The highest BCUT2D eigenvalue weighted by Gasteiger charge is 2.21. The number of carbonyl (C=O) groups is 1. The van der Waals surface area contributed by atoms with Crippen LogP contribution >= 0.6 is 0 Å². The minimum Gasteiger partial charge on any atom is -0.481 e. The van der Waals surface area contributed by atoms with Gasteiger partial charge in [0.1, 0.15) is 0 Å². The van der Waals surface area contributed by atoms with Gasteiger partial charge >= 0.3 is 5.97 Å². The summed E-state index contributed by atoms with van der Waals surface area (Å²) in [6.07, 6.45) is 0. The predicted molar refractivity (Wildman–Crippen MR) is 68.8 cm³/mol. The lowest BCUT2D eigenvalue weighted by molar-refractivity contribution is -0.143. The summed E-state index contributed by atoms with van der Waals surface area (Å²) in [5.41, 5.74) is 1.18. The van der Waals surface area contributed by atoms with E-state index in [4.69, 9.17) is 5.11 Å². The Hall–Kier alpha value is -1.35. The van der Waals surface area contributed by atoms with Gasteiger partial charge in [0, 0.05) is 12.6 Å². The Morgan fingerprint density at radius 2 is 1.82 bits per heavy atom. The molecule has 1 aromatic rings. The number of nitrogens with one attached hydrogen (secondary N) is 1. The molecule has 0 fully saturated rings. The second-order valence-corrected chi connectivity index (χ2v) is 4.73. The first-order chi connectivity index (χ1) is 8.02. The van der Waals surface area contributed by atoms with Crippen molar-refractivity contribution in [3.8, 4) is 0 Å². The third-order valence-corrected chi connectivity index (χ3v) is 3.07. The molecule has 17 heavy (non-hydrogen) atoms. The standard InChI is InChI=1S/C14H21NO2/c1-10(2)13(14(16)17)9-15-11(3)12-7-5-4-6-8-12/h4-8,10-11,13,15H,9H2,1-3H3,(H,16,17). The molecular formula is C14H21NO2. The minimum atomic E-state index is -0.729. The molecule has 0 saturated carbocycles. The summed E-state index contributed by atoms with van der Waals surface area (Å²) in [5.74, 6) is -0.920. The first-order valence-electron chi connectivity index (χ1n) is 6.03. The maximum Gasteiger partial charge on any atom is 0.308 e. The summed E-state index contributed by atoms with van der Waals surface area (Å²) in [6, 6.07) is 10.2. The molecule has 0 aromatic heterocycles. The number of hydrogen-bond acceptors (Lipinski definition) is 2. The van der Waals surface area contributed by atoms with Gasteiger partial charge in [-0.1, -0.05) is 44.2 Å². The van der Waals surface area contributed by atoms with Crippen molar-refractivity contribution in [1.82, 2.24) is 5.32 Å². The van der Waals surface area contributed by atoms with Gasteiger partial charge in [-0.05, 0) is 18.4 Å². The summed E-state index contributed by atoms with van der Waals surface area (Å²) < 4.78 is 0. The number of benzene rings is 1. The topological polar surface area (TPSA) is 49.3 Å². The van der Waals surface area contributed by atoms with Crippen molar-refractivity contribution in [3.63, 3.8) is 0 Å². The van der Waals surface area contributed by atoms with Crippen molar-refractivity contribution in [1.29, 1.82) is 0 Å². The van der Waals surface area contributed by atoms with E-state index in [1.54, 1.807) is 0 Å². The van der Waals surface area contributed by atoms with Gasteiger partial charge in [-0.2, -0.15) is 0 Å². The molecule has 0 aliphatic heterocycles.